The predicted octanol–water partition coefficient (Wildman–Crippen LogP) is 2.17. The van der Waals surface area contributed by atoms with Crippen LogP contribution in [0.2, 0.25) is 0 Å². The second kappa shape index (κ2) is 8.68. The van der Waals surface area contributed by atoms with E-state index in [1.807, 2.05) is 24.2 Å². The van der Waals surface area contributed by atoms with Gasteiger partial charge in [0.2, 0.25) is 5.91 Å². The fourth-order valence-electron chi connectivity index (χ4n) is 4.34. The standard InChI is InChI=1S/C24H28N10O3/c1-11-18-20(32-34(4)31-18)17-15(37-13-7-8-13)10-26-22(21(17)33(11)3)27-14-9-16(28-23(35)12-5-6-12)29-30-19(14)24(36)25-2/h9-13H,5-8H2,1-4H3,(H,25,36)(H2,26,27,28,29,35)/t11-/m1/s1/i2D3. The van der Waals surface area contributed by atoms with E-state index in [4.69, 9.17) is 8.85 Å². The Balaban J connectivity index is 1.45. The van der Waals surface area contributed by atoms with Gasteiger partial charge >= 0.3 is 0 Å². The first kappa shape index (κ1) is 19.8. The van der Waals surface area contributed by atoms with Gasteiger partial charge in [0, 0.05) is 37.2 Å². The fourth-order valence-corrected chi connectivity index (χ4v) is 4.34. The minimum Gasteiger partial charge on any atom is -0.488 e. The molecule has 1 atom stereocenters. The van der Waals surface area contributed by atoms with Gasteiger partial charge in [0.05, 0.1) is 35.3 Å². The number of nitrogens with zero attached hydrogens (tertiary/aromatic N) is 7. The van der Waals surface area contributed by atoms with Gasteiger partial charge in [-0.3, -0.25) is 9.59 Å². The molecule has 2 amide bonds. The van der Waals surface area contributed by atoms with E-state index in [0.29, 0.717) is 28.5 Å². The molecule has 192 valence electrons. The topological polar surface area (TPSA) is 152 Å². The normalized spacial score (nSPS) is 19.6. The molecule has 3 N–H and O–H groups in total. The Bertz CT molecular complexity index is 1520. The maximum absolute atomic E-state index is 12.9. The van der Waals surface area contributed by atoms with Crippen LogP contribution in [-0.4, -0.2) is 62.1 Å². The van der Waals surface area contributed by atoms with Crippen LogP contribution in [0.3, 0.4) is 0 Å². The number of pyridine rings is 1. The summed E-state index contributed by atoms with van der Waals surface area (Å²) in [5.74, 6) is -0.212. The lowest BCUT2D eigenvalue weighted by atomic mass is 9.97. The Hall–Kier alpha value is -4.29. The van der Waals surface area contributed by atoms with Crippen LogP contribution in [0.5, 0.6) is 5.75 Å². The number of amides is 2. The first-order valence-corrected chi connectivity index (χ1v) is 12.1. The monoisotopic (exact) mass is 507 g/mol. The number of hydrogen-bond donors (Lipinski definition) is 3. The average Bonchev–Trinajstić information content (AvgIpc) is 3.81. The molecular formula is C24H28N10O3. The SMILES string of the molecule is [2H]C([2H])([2H])NC(=O)c1nnc(NC(=O)C2CC2)cc1Nc1ncc(OC2CC2)c2c1N(C)[C@H](C)c1nn(C)nc1-2. The summed E-state index contributed by atoms with van der Waals surface area (Å²) >= 11 is 0. The van der Waals surface area contributed by atoms with Crippen LogP contribution in [-0.2, 0) is 11.8 Å². The second-order valence-electron chi connectivity index (χ2n) is 9.56. The van der Waals surface area contributed by atoms with E-state index in [2.05, 4.69) is 36.0 Å². The number of hydrogen-bond acceptors (Lipinski definition) is 10. The zero-order chi connectivity index (χ0) is 28.3. The lowest BCUT2D eigenvalue weighted by Crippen LogP contribution is -2.28. The number of fused-ring (bicyclic) bond motifs is 3. The van der Waals surface area contributed by atoms with Crippen LogP contribution >= 0.6 is 0 Å². The van der Waals surface area contributed by atoms with Crippen molar-refractivity contribution in [2.75, 3.05) is 29.6 Å². The van der Waals surface area contributed by atoms with E-state index in [0.717, 1.165) is 31.4 Å². The number of aryl methyl sites for hydroxylation is 1. The van der Waals surface area contributed by atoms with Crippen molar-refractivity contribution < 1.29 is 18.4 Å². The van der Waals surface area contributed by atoms with E-state index < -0.39 is 12.9 Å². The minimum absolute atomic E-state index is 0.0826. The van der Waals surface area contributed by atoms with Crippen molar-refractivity contribution >= 4 is 34.8 Å². The highest BCUT2D eigenvalue weighted by atomic mass is 16.5. The van der Waals surface area contributed by atoms with Crippen LogP contribution < -0.4 is 25.6 Å². The summed E-state index contributed by atoms with van der Waals surface area (Å²) in [6.45, 7) is -0.754. The average molecular weight is 508 g/mol. The highest BCUT2D eigenvalue weighted by molar-refractivity contribution is 6.01. The van der Waals surface area contributed by atoms with Crippen molar-refractivity contribution in [2.24, 2.45) is 13.0 Å². The molecule has 3 aliphatic rings. The quantitative estimate of drug-likeness (QED) is 0.434. The van der Waals surface area contributed by atoms with E-state index in [1.165, 1.54) is 10.9 Å². The molecule has 2 fully saturated rings. The Morgan fingerprint density at radius 3 is 2.70 bits per heavy atom. The van der Waals surface area contributed by atoms with Gasteiger partial charge in [-0.1, -0.05) is 0 Å². The first-order chi connectivity index (χ1) is 19.0. The molecule has 2 saturated carbocycles. The molecule has 0 bridgehead atoms. The molecule has 6 rings (SSSR count). The highest BCUT2D eigenvalue weighted by Gasteiger charge is 2.37. The lowest BCUT2D eigenvalue weighted by molar-refractivity contribution is -0.117. The van der Waals surface area contributed by atoms with Gasteiger partial charge in [0.15, 0.2) is 17.3 Å². The number of ether oxygens (including phenoxy) is 1. The number of rotatable bonds is 7. The number of carbonyl (C=O) groups excluding carboxylic acids is 2. The van der Waals surface area contributed by atoms with Gasteiger partial charge in [-0.25, -0.2) is 4.98 Å². The Labute approximate surface area is 217 Å². The van der Waals surface area contributed by atoms with Gasteiger partial charge in [0.1, 0.15) is 17.1 Å². The van der Waals surface area contributed by atoms with E-state index in [-0.39, 0.29) is 41.2 Å². The summed E-state index contributed by atoms with van der Waals surface area (Å²) in [6, 6.07) is 1.27. The second-order valence-corrected chi connectivity index (χ2v) is 9.56. The maximum atomic E-state index is 12.9. The third kappa shape index (κ3) is 4.19. The minimum atomic E-state index is -2.74. The smallest absolute Gasteiger partial charge is 0.273 e. The van der Waals surface area contributed by atoms with Gasteiger partial charge < -0.3 is 25.6 Å². The molecule has 37 heavy (non-hydrogen) atoms. The molecule has 0 aromatic carbocycles. The van der Waals surface area contributed by atoms with Gasteiger partial charge in [-0.2, -0.15) is 15.0 Å². The highest BCUT2D eigenvalue weighted by Crippen LogP contribution is 2.50. The number of anilines is 4. The Morgan fingerprint density at radius 1 is 1.16 bits per heavy atom. The molecule has 2 aliphatic carbocycles. The molecule has 0 saturated heterocycles. The zero-order valence-corrected chi connectivity index (χ0v) is 20.6. The largest absolute Gasteiger partial charge is 0.488 e. The number of nitrogens with one attached hydrogen (secondary N) is 3. The zero-order valence-electron chi connectivity index (χ0n) is 23.6. The fraction of sp³-hybridized carbons (Fsp3) is 0.458. The molecule has 13 nitrogen and oxygen atoms in total. The summed E-state index contributed by atoms with van der Waals surface area (Å²) in [7, 11) is 3.64. The summed E-state index contributed by atoms with van der Waals surface area (Å²) in [6.07, 6.45) is 5.19. The number of aromatic nitrogens is 6. The summed E-state index contributed by atoms with van der Waals surface area (Å²) in [4.78, 5) is 33.4. The number of carbonyl (C=O) groups is 2. The molecule has 0 radical (unpaired) electrons. The first-order valence-electron chi connectivity index (χ1n) is 13.6. The summed E-state index contributed by atoms with van der Waals surface area (Å²) in [5.41, 5.74) is 2.63. The van der Waals surface area contributed by atoms with Gasteiger partial charge in [-0.15, -0.1) is 10.2 Å². The van der Waals surface area contributed by atoms with E-state index >= 15 is 0 Å². The summed E-state index contributed by atoms with van der Waals surface area (Å²) in [5, 5.41) is 24.9. The third-order valence-corrected chi connectivity index (χ3v) is 6.72. The van der Waals surface area contributed by atoms with Crippen LogP contribution in [0, 0.1) is 5.92 Å². The summed E-state index contributed by atoms with van der Waals surface area (Å²) < 4.78 is 28.5. The third-order valence-electron chi connectivity index (χ3n) is 6.72. The van der Waals surface area contributed by atoms with Crippen LogP contribution in [0.1, 0.15) is 58.9 Å². The lowest BCUT2D eigenvalue weighted by Gasteiger charge is -2.34. The molecule has 13 heteroatoms. The van der Waals surface area contributed by atoms with Crippen LogP contribution in [0.15, 0.2) is 12.3 Å². The molecule has 1 aliphatic heterocycles. The molecule has 4 heterocycles. The van der Waals surface area contributed by atoms with E-state index in [9.17, 15) is 9.59 Å². The van der Waals surface area contributed by atoms with Gasteiger partial charge in [-0.05, 0) is 32.6 Å². The molecule has 3 aromatic rings. The van der Waals surface area contributed by atoms with Crippen molar-refractivity contribution in [3.05, 3.63) is 23.7 Å². The molecule has 0 unspecified atom stereocenters. The van der Waals surface area contributed by atoms with Crippen molar-refractivity contribution in [3.63, 3.8) is 0 Å². The Morgan fingerprint density at radius 2 is 1.97 bits per heavy atom. The predicted molar refractivity (Wildman–Crippen MR) is 135 cm³/mol. The van der Waals surface area contributed by atoms with Gasteiger partial charge in [0.25, 0.3) is 5.91 Å². The van der Waals surface area contributed by atoms with Crippen LogP contribution in [0.4, 0.5) is 23.0 Å². The van der Waals surface area contributed by atoms with Crippen LogP contribution in [0.25, 0.3) is 11.3 Å². The maximum Gasteiger partial charge on any atom is 0.273 e. The van der Waals surface area contributed by atoms with Crippen molar-refractivity contribution in [3.8, 4) is 17.0 Å². The van der Waals surface area contributed by atoms with Crippen molar-refractivity contribution in [1.82, 2.24) is 35.5 Å². The molecular weight excluding hydrogens is 476 g/mol. The van der Waals surface area contributed by atoms with Crippen molar-refractivity contribution in [2.45, 2.75) is 44.8 Å². The molecule has 3 aromatic heterocycles. The molecule has 0 spiro atoms. The Kier molecular flexibility index (Phi) is 4.65. The van der Waals surface area contributed by atoms with Crippen molar-refractivity contribution in [1.29, 1.82) is 0 Å². The van der Waals surface area contributed by atoms with E-state index in [1.54, 1.807) is 13.2 Å².